The van der Waals surface area contributed by atoms with Crippen molar-refractivity contribution >= 4 is 4.96 Å². The molecule has 0 nitrogen and oxygen atoms in total. The third-order valence-corrected chi connectivity index (χ3v) is 0.264. The van der Waals surface area contributed by atoms with Gasteiger partial charge in [-0.25, -0.2) is 0 Å². The Morgan fingerprint density at radius 1 is 1.75 bits per heavy atom. The monoisotopic (exact) mass is 98.0 g/mol. The van der Waals surface area contributed by atoms with Gasteiger partial charge in [0.2, 0.25) is 0 Å². The molecule has 0 saturated carbocycles. The van der Waals surface area contributed by atoms with Gasteiger partial charge in [0.25, 0.3) is 0 Å². The van der Waals surface area contributed by atoms with Crippen LogP contribution in [0.2, 0.25) is 0 Å². The van der Waals surface area contributed by atoms with Crippen LogP contribution >= 0.6 is 0 Å². The molecule has 0 spiro atoms. The molecular formula is C3H3Co-. The summed E-state index contributed by atoms with van der Waals surface area (Å²) in [6.45, 7) is 4.77. The van der Waals surface area contributed by atoms with Crippen LogP contribution in [0.4, 0.5) is 0 Å². The fourth-order valence-corrected chi connectivity index (χ4v) is 0. The summed E-state index contributed by atoms with van der Waals surface area (Å²) in [7, 11) is 0. The van der Waals surface area contributed by atoms with Crippen molar-refractivity contribution < 1.29 is 15.3 Å². The Morgan fingerprint density at radius 2 is 2.00 bits per heavy atom. The van der Waals surface area contributed by atoms with Crippen LogP contribution in [0.25, 0.3) is 0 Å². The van der Waals surface area contributed by atoms with E-state index >= 15 is 0 Å². The van der Waals surface area contributed by atoms with Crippen LogP contribution in [0.3, 0.4) is 0 Å². The molecule has 0 heterocycles. The molecule has 0 saturated heterocycles. The van der Waals surface area contributed by atoms with E-state index in [1.54, 1.807) is 0 Å². The molecule has 0 aromatic heterocycles. The number of rotatable bonds is 1. The predicted octanol–water partition coefficient (Wildman–Crippen LogP) is 0.325. The van der Waals surface area contributed by atoms with Crippen LogP contribution < -0.4 is 0 Å². The second-order valence-electron chi connectivity index (χ2n) is 0.304. The molecule has 25 valence electrons. The van der Waals surface area contributed by atoms with Crippen molar-refractivity contribution in [2.45, 2.75) is 0 Å². The summed E-state index contributed by atoms with van der Waals surface area (Å²) in [5, 5.41) is 0. The zero-order chi connectivity index (χ0) is 3.41. The van der Waals surface area contributed by atoms with Crippen molar-refractivity contribution in [3.05, 3.63) is 12.7 Å². The fraction of sp³-hybridized carbons (Fsp3) is 0. The van der Waals surface area contributed by atoms with Gasteiger partial charge in [-0.1, -0.05) is 0 Å². The standard InChI is InChI=1S/C3H3.Co/c1-3-2;/h1-3H;/q-1;. The Bertz CT molecular complexity index is 24.3. The Hall–Kier alpha value is 0.116. The summed E-state index contributed by atoms with van der Waals surface area (Å²) < 4.78 is 0. The molecule has 1 heteroatoms. The molecule has 0 unspecified atom stereocenters. The second kappa shape index (κ2) is 3.12. The van der Waals surface area contributed by atoms with Gasteiger partial charge in [0.15, 0.2) is 0 Å². The minimum absolute atomic E-state index is 1.36. The first-order valence-electron chi connectivity index (χ1n) is 0.859. The van der Waals surface area contributed by atoms with Crippen LogP contribution in [0.5, 0.6) is 0 Å². The minimum atomic E-state index is 1.36. The first kappa shape index (κ1) is 4.12. The number of hydrogen-bond acceptors (Lipinski definition) is 0. The van der Waals surface area contributed by atoms with Crippen LogP contribution in [0, 0.1) is 6.58 Å². The van der Waals surface area contributed by atoms with Gasteiger partial charge in [-0.15, -0.1) is 0 Å². The van der Waals surface area contributed by atoms with Gasteiger partial charge in [0, 0.05) is 0 Å². The summed E-state index contributed by atoms with van der Waals surface area (Å²) in [5.74, 6) is 0. The summed E-state index contributed by atoms with van der Waals surface area (Å²) in [6.07, 6.45) is 1.36. The van der Waals surface area contributed by atoms with Crippen molar-refractivity contribution in [1.29, 1.82) is 0 Å². The van der Waals surface area contributed by atoms with Gasteiger partial charge in [-0.2, -0.15) is 0 Å². The topological polar surface area (TPSA) is 0 Å². The Balaban J connectivity index is 2.73. The summed E-state index contributed by atoms with van der Waals surface area (Å²) in [5.41, 5.74) is 0. The Morgan fingerprint density at radius 3 is 2.00 bits per heavy atom. The van der Waals surface area contributed by atoms with E-state index in [0.717, 1.165) is 0 Å². The van der Waals surface area contributed by atoms with Crippen molar-refractivity contribution in [3.8, 4) is 0 Å². The molecule has 0 fully saturated rings. The van der Waals surface area contributed by atoms with Crippen molar-refractivity contribution in [1.82, 2.24) is 0 Å². The first-order chi connectivity index (χ1) is 1.91. The molecule has 0 N–H and O–H groups in total. The van der Waals surface area contributed by atoms with Crippen molar-refractivity contribution in [3.63, 3.8) is 0 Å². The van der Waals surface area contributed by atoms with Gasteiger partial charge in [-0.05, 0) is 0 Å². The van der Waals surface area contributed by atoms with E-state index in [0.29, 0.717) is 0 Å². The van der Waals surface area contributed by atoms with E-state index in [-0.39, 0.29) is 0 Å². The van der Waals surface area contributed by atoms with E-state index in [1.165, 1.54) is 11.0 Å². The Labute approximate surface area is 33.7 Å². The molecule has 0 bridgehead atoms. The zero-order valence-electron chi connectivity index (χ0n) is 2.07. The molecule has 0 atom stereocenters. The SMILES string of the molecule is [CH-]=C[CH]=[Co]. The van der Waals surface area contributed by atoms with E-state index in [2.05, 4.69) is 15.3 Å². The first-order valence-corrected chi connectivity index (χ1v) is 1.46. The average Bonchev–Trinajstić information content (AvgIpc) is 1.37. The van der Waals surface area contributed by atoms with Crippen molar-refractivity contribution in [2.75, 3.05) is 0 Å². The molecule has 0 aliphatic heterocycles. The normalized spacial score (nSPS) is 5.25. The molecule has 0 aromatic carbocycles. The Kier molecular flexibility index (Phi) is 3.21. The second-order valence-corrected chi connectivity index (χ2v) is 0.651. The molecule has 0 aliphatic carbocycles. The van der Waals surface area contributed by atoms with Gasteiger partial charge in [-0.3, -0.25) is 0 Å². The van der Waals surface area contributed by atoms with E-state index in [1.807, 2.05) is 0 Å². The predicted molar refractivity (Wildman–Crippen MR) is 14.9 cm³/mol. The summed E-state index contributed by atoms with van der Waals surface area (Å²) in [4.78, 5) is 1.47. The molecule has 0 aromatic rings. The van der Waals surface area contributed by atoms with Crippen LogP contribution in [0.1, 0.15) is 0 Å². The quantitative estimate of drug-likeness (QED) is 0.414. The number of hydrogen-bond donors (Lipinski definition) is 0. The van der Waals surface area contributed by atoms with Crippen LogP contribution in [-0.4, -0.2) is 4.96 Å². The van der Waals surface area contributed by atoms with Gasteiger partial charge in [0.05, 0.1) is 0 Å². The third-order valence-electron chi connectivity index (χ3n) is 0.0642. The molecule has 0 rings (SSSR count). The van der Waals surface area contributed by atoms with Crippen LogP contribution in [-0.2, 0) is 15.3 Å². The molecule has 0 radical (unpaired) electrons. The third kappa shape index (κ3) is 2.12. The van der Waals surface area contributed by atoms with E-state index in [9.17, 15) is 0 Å². The summed E-state index contributed by atoms with van der Waals surface area (Å²) >= 11 is 3.65. The molecule has 4 heavy (non-hydrogen) atoms. The zero-order valence-corrected chi connectivity index (χ0v) is 3.11. The number of allylic oxidation sites excluding steroid dienone is 1. The molecule has 0 amide bonds. The fourth-order valence-electron chi connectivity index (χ4n) is 0. The summed E-state index contributed by atoms with van der Waals surface area (Å²) in [6, 6.07) is 0. The van der Waals surface area contributed by atoms with Gasteiger partial charge < -0.3 is 0 Å². The van der Waals surface area contributed by atoms with Crippen LogP contribution in [0.15, 0.2) is 6.08 Å². The average molecular weight is 98.0 g/mol. The maximum atomic E-state index is 4.77. The van der Waals surface area contributed by atoms with E-state index < -0.39 is 0 Å². The molecule has 0 aliphatic rings. The van der Waals surface area contributed by atoms with Crippen molar-refractivity contribution in [2.24, 2.45) is 0 Å². The van der Waals surface area contributed by atoms with E-state index in [4.69, 9.17) is 6.58 Å². The molecular weight excluding hydrogens is 95.0 g/mol. The van der Waals surface area contributed by atoms with Gasteiger partial charge >= 0.3 is 32.9 Å². The van der Waals surface area contributed by atoms with Gasteiger partial charge in [0.1, 0.15) is 0 Å². The maximum absolute atomic E-state index is 4.77.